The summed E-state index contributed by atoms with van der Waals surface area (Å²) in [6, 6.07) is -0.993. The number of hydrogen-bond donors (Lipinski definition) is 7. The SMILES string of the molecule is CCCCCCCC/C=C/CC/C=C/C(O)C(COC1OC(CO)C(O)C(O)C1O)NC(=O)C(O)CCCCCCCCCCCCCCCCCCCCCCCCCCC. The third kappa shape index (κ3) is 31.5. The molecule has 0 spiro atoms. The number of aliphatic hydroxyl groups excluding tert-OH is 6. The minimum absolute atomic E-state index is 0.308. The minimum atomic E-state index is -1.61. The van der Waals surface area contributed by atoms with Crippen LogP contribution in [-0.4, -0.2) is 98.7 Å². The molecular weight excluding hydrogens is 783 g/mol. The number of aliphatic hydroxyl groups is 6. The molecule has 0 aliphatic carbocycles. The van der Waals surface area contributed by atoms with Crippen LogP contribution in [0.2, 0.25) is 0 Å². The predicted octanol–water partition coefficient (Wildman–Crippen LogP) is 10.8. The van der Waals surface area contributed by atoms with Crippen LogP contribution in [0.5, 0.6) is 0 Å². The summed E-state index contributed by atoms with van der Waals surface area (Å²) >= 11 is 0. The van der Waals surface area contributed by atoms with E-state index in [1.54, 1.807) is 6.08 Å². The van der Waals surface area contributed by atoms with Crippen molar-refractivity contribution in [2.45, 2.75) is 288 Å². The zero-order valence-corrected chi connectivity index (χ0v) is 40.0. The molecule has 1 aliphatic rings. The maximum Gasteiger partial charge on any atom is 0.249 e. The zero-order chi connectivity index (χ0) is 45.3. The number of carbonyl (C=O) groups is 1. The Morgan fingerprint density at radius 2 is 0.952 bits per heavy atom. The first-order valence-electron chi connectivity index (χ1n) is 26.2. The van der Waals surface area contributed by atoms with E-state index in [1.807, 2.05) is 6.08 Å². The van der Waals surface area contributed by atoms with Gasteiger partial charge in [0.25, 0.3) is 0 Å². The first-order chi connectivity index (χ1) is 30.3. The van der Waals surface area contributed by atoms with Crippen molar-refractivity contribution < 1.29 is 44.9 Å². The van der Waals surface area contributed by atoms with Gasteiger partial charge in [-0.05, 0) is 32.1 Å². The summed E-state index contributed by atoms with van der Waals surface area (Å²) in [4.78, 5) is 13.1. The number of unbranched alkanes of at least 4 members (excludes halogenated alkanes) is 31. The van der Waals surface area contributed by atoms with Crippen LogP contribution in [0.25, 0.3) is 0 Å². The van der Waals surface area contributed by atoms with Crippen LogP contribution < -0.4 is 5.32 Å². The van der Waals surface area contributed by atoms with Crippen LogP contribution in [0.1, 0.15) is 239 Å². The van der Waals surface area contributed by atoms with E-state index in [1.165, 1.54) is 173 Å². The van der Waals surface area contributed by atoms with Gasteiger partial charge in [-0.25, -0.2) is 0 Å². The van der Waals surface area contributed by atoms with Crippen LogP contribution in [0.15, 0.2) is 24.3 Å². The first-order valence-corrected chi connectivity index (χ1v) is 26.2. The van der Waals surface area contributed by atoms with E-state index in [9.17, 15) is 35.4 Å². The molecule has 366 valence electrons. The summed E-state index contributed by atoms with van der Waals surface area (Å²) in [5, 5.41) is 64.7. The second kappa shape index (κ2) is 42.3. The lowest BCUT2D eigenvalue weighted by atomic mass is 9.99. The highest BCUT2D eigenvalue weighted by molar-refractivity contribution is 5.80. The summed E-state index contributed by atoms with van der Waals surface area (Å²) in [6.45, 7) is 3.59. The molecule has 10 nitrogen and oxygen atoms in total. The Morgan fingerprint density at radius 1 is 0.548 bits per heavy atom. The Kier molecular flexibility index (Phi) is 40.0. The smallest absolute Gasteiger partial charge is 0.249 e. The van der Waals surface area contributed by atoms with Crippen molar-refractivity contribution in [1.82, 2.24) is 5.32 Å². The number of nitrogens with one attached hydrogen (secondary N) is 1. The van der Waals surface area contributed by atoms with Crippen LogP contribution in [0.4, 0.5) is 0 Å². The molecule has 0 aromatic rings. The highest BCUT2D eigenvalue weighted by Crippen LogP contribution is 2.23. The van der Waals surface area contributed by atoms with Crippen LogP contribution >= 0.6 is 0 Å². The van der Waals surface area contributed by atoms with Crippen molar-refractivity contribution in [3.8, 4) is 0 Å². The quantitative estimate of drug-likeness (QED) is 0.0233. The summed E-state index contributed by atoms with van der Waals surface area (Å²) in [5.41, 5.74) is 0. The van der Waals surface area contributed by atoms with Crippen LogP contribution in [0, 0.1) is 0 Å². The Balaban J connectivity index is 2.25. The minimum Gasteiger partial charge on any atom is -0.394 e. The van der Waals surface area contributed by atoms with E-state index in [-0.39, 0.29) is 6.61 Å². The van der Waals surface area contributed by atoms with Gasteiger partial charge in [0.05, 0.1) is 25.4 Å². The molecule has 0 aromatic heterocycles. The molecule has 0 aromatic carbocycles. The fourth-order valence-electron chi connectivity index (χ4n) is 8.36. The average molecular weight is 882 g/mol. The van der Waals surface area contributed by atoms with E-state index in [2.05, 4.69) is 31.3 Å². The molecule has 8 unspecified atom stereocenters. The molecule has 0 radical (unpaired) electrons. The number of carbonyl (C=O) groups excluding carboxylic acids is 1. The van der Waals surface area contributed by atoms with E-state index >= 15 is 0 Å². The fraction of sp³-hybridized carbons (Fsp3) is 0.904. The lowest BCUT2D eigenvalue weighted by molar-refractivity contribution is -0.302. The van der Waals surface area contributed by atoms with Gasteiger partial charge >= 0.3 is 0 Å². The van der Waals surface area contributed by atoms with Crippen molar-refractivity contribution in [1.29, 1.82) is 0 Å². The molecule has 0 bridgehead atoms. The van der Waals surface area contributed by atoms with Crippen molar-refractivity contribution >= 4 is 5.91 Å². The molecule has 10 heteroatoms. The molecular formula is C52H99NO9. The maximum atomic E-state index is 13.1. The molecule has 62 heavy (non-hydrogen) atoms. The normalized spacial score (nSPS) is 20.9. The molecule has 0 saturated carbocycles. The highest BCUT2D eigenvalue weighted by Gasteiger charge is 2.44. The second-order valence-corrected chi connectivity index (χ2v) is 18.5. The third-order valence-corrected chi connectivity index (χ3v) is 12.6. The van der Waals surface area contributed by atoms with Gasteiger partial charge in [-0.1, -0.05) is 231 Å². The maximum absolute atomic E-state index is 13.1. The van der Waals surface area contributed by atoms with Crippen molar-refractivity contribution in [3.05, 3.63) is 24.3 Å². The van der Waals surface area contributed by atoms with Gasteiger partial charge in [0.2, 0.25) is 5.91 Å². The highest BCUT2D eigenvalue weighted by atomic mass is 16.7. The molecule has 1 heterocycles. The van der Waals surface area contributed by atoms with Gasteiger partial charge in [0, 0.05) is 0 Å². The molecule has 7 N–H and O–H groups in total. The monoisotopic (exact) mass is 882 g/mol. The van der Waals surface area contributed by atoms with Crippen LogP contribution in [-0.2, 0) is 14.3 Å². The van der Waals surface area contributed by atoms with E-state index in [0.717, 1.165) is 32.1 Å². The summed E-state index contributed by atoms with van der Waals surface area (Å²) in [7, 11) is 0. The van der Waals surface area contributed by atoms with Crippen molar-refractivity contribution in [2.24, 2.45) is 0 Å². The number of allylic oxidation sites excluding steroid dienone is 3. The molecule has 1 amide bonds. The van der Waals surface area contributed by atoms with Gasteiger partial charge < -0.3 is 45.4 Å². The lowest BCUT2D eigenvalue weighted by Crippen LogP contribution is -2.60. The third-order valence-electron chi connectivity index (χ3n) is 12.6. The fourth-order valence-corrected chi connectivity index (χ4v) is 8.36. The molecule has 1 aliphatic heterocycles. The van der Waals surface area contributed by atoms with Crippen molar-refractivity contribution in [3.63, 3.8) is 0 Å². The van der Waals surface area contributed by atoms with Crippen LogP contribution in [0.3, 0.4) is 0 Å². The Bertz CT molecular complexity index is 1040. The second-order valence-electron chi connectivity index (χ2n) is 18.5. The zero-order valence-electron chi connectivity index (χ0n) is 40.0. The van der Waals surface area contributed by atoms with Crippen molar-refractivity contribution in [2.75, 3.05) is 13.2 Å². The topological polar surface area (TPSA) is 169 Å². The molecule has 8 atom stereocenters. The lowest BCUT2D eigenvalue weighted by Gasteiger charge is -2.40. The molecule has 1 fully saturated rings. The Hall–Kier alpha value is -1.37. The van der Waals surface area contributed by atoms with Gasteiger partial charge in [-0.3, -0.25) is 4.79 Å². The number of rotatable bonds is 44. The average Bonchev–Trinajstić information content (AvgIpc) is 3.27. The van der Waals surface area contributed by atoms with E-state index in [4.69, 9.17) is 9.47 Å². The summed E-state index contributed by atoms with van der Waals surface area (Å²) in [5.74, 6) is -0.623. The van der Waals surface area contributed by atoms with Gasteiger partial charge in [0.1, 0.15) is 30.5 Å². The van der Waals surface area contributed by atoms with Gasteiger partial charge in [-0.15, -0.1) is 0 Å². The predicted molar refractivity (Wildman–Crippen MR) is 255 cm³/mol. The van der Waals surface area contributed by atoms with E-state index < -0.39 is 61.5 Å². The number of ether oxygens (including phenoxy) is 2. The van der Waals surface area contributed by atoms with Gasteiger partial charge in [-0.2, -0.15) is 0 Å². The molecule has 1 saturated heterocycles. The standard InChI is InChI=1S/C52H99NO9/c1-3-5-7-9-11-13-15-17-18-19-20-21-22-23-24-25-26-27-28-29-31-33-35-37-39-41-46(56)51(60)53-44(43-61-52-50(59)49(58)48(57)47(42-54)62-52)45(55)40-38-36-34-32-30-16-14-12-10-8-6-4-2/h30,32,38,40,44-50,52,54-59H,3-29,31,33-37,39,41-43H2,1-2H3,(H,53,60)/b32-30+,40-38+. The van der Waals surface area contributed by atoms with Gasteiger partial charge in [0.15, 0.2) is 6.29 Å². The Labute approximate surface area is 380 Å². The number of amides is 1. The number of hydrogen-bond acceptors (Lipinski definition) is 9. The summed E-state index contributed by atoms with van der Waals surface area (Å²) in [6.07, 6.45) is 41.5. The molecule has 1 rings (SSSR count). The Morgan fingerprint density at radius 3 is 1.40 bits per heavy atom. The summed E-state index contributed by atoms with van der Waals surface area (Å²) < 4.78 is 11.1. The first kappa shape index (κ1) is 58.6. The largest absolute Gasteiger partial charge is 0.394 e. The van der Waals surface area contributed by atoms with E-state index in [0.29, 0.717) is 19.3 Å².